The molecule has 3 N–H and O–H groups in total. The summed E-state index contributed by atoms with van der Waals surface area (Å²) in [7, 11) is 1.82. The van der Waals surface area contributed by atoms with Crippen LogP contribution in [0.4, 0.5) is 0 Å². The van der Waals surface area contributed by atoms with Crippen molar-refractivity contribution in [2.75, 3.05) is 33.4 Å². The molecule has 0 unspecified atom stereocenters. The Morgan fingerprint density at radius 1 is 1.19 bits per heavy atom. The standard InChI is InChI=1S/C20H30N4O.HI/c1-21-20(23-12-5-13-25-15-16-9-10-16)22-11-4-6-17-14-24-19-8-3-2-7-18(17)19;/h2-3,7-8,14,16,24H,4-6,9-13,15H2,1H3,(H2,21,22,23);1H. The molecule has 1 aromatic heterocycles. The maximum absolute atomic E-state index is 5.64. The number of guanidine groups is 1. The van der Waals surface area contributed by atoms with Crippen molar-refractivity contribution in [1.29, 1.82) is 0 Å². The summed E-state index contributed by atoms with van der Waals surface area (Å²) in [5, 5.41) is 8.07. The minimum absolute atomic E-state index is 0. The fourth-order valence-electron chi connectivity index (χ4n) is 2.96. The zero-order valence-electron chi connectivity index (χ0n) is 15.6. The number of nitrogens with one attached hydrogen (secondary N) is 3. The maximum atomic E-state index is 5.64. The normalized spacial score (nSPS) is 14.3. The number of benzene rings is 1. The van der Waals surface area contributed by atoms with Gasteiger partial charge < -0.3 is 20.4 Å². The van der Waals surface area contributed by atoms with Gasteiger partial charge in [0.15, 0.2) is 5.96 Å². The molecule has 6 heteroatoms. The van der Waals surface area contributed by atoms with Crippen molar-refractivity contribution >= 4 is 40.8 Å². The molecule has 1 fully saturated rings. The van der Waals surface area contributed by atoms with Gasteiger partial charge in [-0.25, -0.2) is 0 Å². The Hall–Kier alpha value is -1.28. The van der Waals surface area contributed by atoms with E-state index in [4.69, 9.17) is 4.74 Å². The summed E-state index contributed by atoms with van der Waals surface area (Å²) in [6.07, 6.45) is 7.99. The van der Waals surface area contributed by atoms with Crippen molar-refractivity contribution < 1.29 is 4.74 Å². The van der Waals surface area contributed by atoms with Gasteiger partial charge >= 0.3 is 0 Å². The van der Waals surface area contributed by atoms with Gasteiger partial charge in [-0.15, -0.1) is 24.0 Å². The number of para-hydroxylation sites is 1. The summed E-state index contributed by atoms with van der Waals surface area (Å²) in [5.41, 5.74) is 2.60. The van der Waals surface area contributed by atoms with E-state index in [9.17, 15) is 0 Å². The lowest BCUT2D eigenvalue weighted by Gasteiger charge is -2.11. The van der Waals surface area contributed by atoms with Crippen LogP contribution in [0.3, 0.4) is 0 Å². The van der Waals surface area contributed by atoms with Crippen LogP contribution in [-0.4, -0.2) is 44.3 Å². The third-order valence-corrected chi connectivity index (χ3v) is 4.62. The molecule has 0 amide bonds. The number of aliphatic imine (C=N–C) groups is 1. The van der Waals surface area contributed by atoms with Gasteiger partial charge in [-0.05, 0) is 49.7 Å². The zero-order chi connectivity index (χ0) is 17.3. The van der Waals surface area contributed by atoms with Crippen LogP contribution < -0.4 is 10.6 Å². The minimum atomic E-state index is 0. The number of aryl methyl sites for hydroxylation is 1. The van der Waals surface area contributed by atoms with Crippen molar-refractivity contribution in [3.05, 3.63) is 36.0 Å². The first-order chi connectivity index (χ1) is 12.4. The van der Waals surface area contributed by atoms with E-state index in [-0.39, 0.29) is 24.0 Å². The van der Waals surface area contributed by atoms with Crippen molar-refractivity contribution in [2.24, 2.45) is 10.9 Å². The molecule has 0 saturated heterocycles. The van der Waals surface area contributed by atoms with Crippen molar-refractivity contribution in [3.8, 4) is 0 Å². The molecule has 0 radical (unpaired) electrons. The molecule has 0 spiro atoms. The van der Waals surface area contributed by atoms with Crippen LogP contribution in [0.15, 0.2) is 35.5 Å². The van der Waals surface area contributed by atoms with E-state index >= 15 is 0 Å². The third-order valence-electron chi connectivity index (χ3n) is 4.62. The molecule has 1 aliphatic rings. The first-order valence-corrected chi connectivity index (χ1v) is 9.44. The van der Waals surface area contributed by atoms with Gasteiger partial charge in [0.2, 0.25) is 0 Å². The summed E-state index contributed by atoms with van der Waals surface area (Å²) in [4.78, 5) is 7.61. The lowest BCUT2D eigenvalue weighted by Crippen LogP contribution is -2.38. The Morgan fingerprint density at radius 2 is 1.96 bits per heavy atom. The van der Waals surface area contributed by atoms with Crippen molar-refractivity contribution in [2.45, 2.75) is 32.1 Å². The van der Waals surface area contributed by atoms with Crippen LogP contribution in [0.25, 0.3) is 10.9 Å². The SMILES string of the molecule is CN=C(NCCCOCC1CC1)NCCCc1c[nH]c2ccccc12.I. The first kappa shape index (κ1) is 21.0. The number of hydrogen-bond acceptors (Lipinski definition) is 2. The molecule has 5 nitrogen and oxygen atoms in total. The Kier molecular flexibility index (Phi) is 9.25. The highest BCUT2D eigenvalue weighted by Gasteiger charge is 2.20. The monoisotopic (exact) mass is 470 g/mol. The topological polar surface area (TPSA) is 61.4 Å². The second-order valence-electron chi connectivity index (χ2n) is 6.76. The highest BCUT2D eigenvalue weighted by molar-refractivity contribution is 14.0. The van der Waals surface area contributed by atoms with Crippen LogP contribution in [-0.2, 0) is 11.2 Å². The van der Waals surface area contributed by atoms with Crippen LogP contribution in [0, 0.1) is 5.92 Å². The minimum Gasteiger partial charge on any atom is -0.381 e. The predicted octanol–water partition coefficient (Wildman–Crippen LogP) is 3.70. The smallest absolute Gasteiger partial charge is 0.190 e. The van der Waals surface area contributed by atoms with Crippen molar-refractivity contribution in [1.82, 2.24) is 15.6 Å². The van der Waals surface area contributed by atoms with Gasteiger partial charge in [-0.1, -0.05) is 18.2 Å². The fourth-order valence-corrected chi connectivity index (χ4v) is 2.96. The number of fused-ring (bicyclic) bond motifs is 1. The van der Waals surface area contributed by atoms with E-state index in [1.807, 2.05) is 7.05 Å². The maximum Gasteiger partial charge on any atom is 0.190 e. The van der Waals surface area contributed by atoms with Crippen molar-refractivity contribution in [3.63, 3.8) is 0 Å². The number of halogens is 1. The fraction of sp³-hybridized carbons (Fsp3) is 0.550. The number of aromatic nitrogens is 1. The molecule has 0 bridgehead atoms. The molecular formula is C20H31IN4O. The molecule has 144 valence electrons. The van der Waals surface area contributed by atoms with Crippen LogP contribution in [0.2, 0.25) is 0 Å². The third kappa shape index (κ3) is 6.79. The second-order valence-corrected chi connectivity index (χ2v) is 6.76. The average Bonchev–Trinajstić information content (AvgIpc) is 3.38. The summed E-state index contributed by atoms with van der Waals surface area (Å²) >= 11 is 0. The molecule has 1 aliphatic carbocycles. The first-order valence-electron chi connectivity index (χ1n) is 9.44. The van der Waals surface area contributed by atoms with Crippen LogP contribution in [0.5, 0.6) is 0 Å². The predicted molar refractivity (Wildman–Crippen MR) is 120 cm³/mol. The van der Waals surface area contributed by atoms with E-state index in [0.29, 0.717) is 0 Å². The van der Waals surface area contributed by atoms with E-state index in [0.717, 1.165) is 57.4 Å². The number of rotatable bonds is 10. The lowest BCUT2D eigenvalue weighted by molar-refractivity contribution is 0.123. The Morgan fingerprint density at radius 3 is 2.73 bits per heavy atom. The molecule has 1 saturated carbocycles. The summed E-state index contributed by atoms with van der Waals surface area (Å²) in [6.45, 7) is 3.59. The molecular weight excluding hydrogens is 439 g/mol. The number of nitrogens with zero attached hydrogens (tertiary/aromatic N) is 1. The van der Waals surface area contributed by atoms with E-state index < -0.39 is 0 Å². The molecule has 1 aromatic carbocycles. The number of H-pyrrole nitrogens is 1. The van der Waals surface area contributed by atoms with E-state index in [2.05, 4.69) is 51.1 Å². The van der Waals surface area contributed by atoms with Crippen LogP contribution in [0.1, 0.15) is 31.2 Å². The summed E-state index contributed by atoms with van der Waals surface area (Å²) < 4.78 is 5.64. The molecule has 0 aliphatic heterocycles. The van der Waals surface area contributed by atoms with Gasteiger partial charge in [0.25, 0.3) is 0 Å². The number of hydrogen-bond donors (Lipinski definition) is 3. The number of aromatic amines is 1. The zero-order valence-corrected chi connectivity index (χ0v) is 17.9. The molecule has 3 rings (SSSR count). The van der Waals surface area contributed by atoms with Gasteiger partial charge in [0.05, 0.1) is 0 Å². The quantitative estimate of drug-likeness (QED) is 0.215. The molecule has 2 aromatic rings. The van der Waals surface area contributed by atoms with Gasteiger partial charge in [-0.3, -0.25) is 4.99 Å². The van der Waals surface area contributed by atoms with E-state index in [1.165, 1.54) is 29.3 Å². The Balaban J connectivity index is 0.00000243. The number of ether oxygens (including phenoxy) is 1. The molecule has 26 heavy (non-hydrogen) atoms. The molecule has 0 atom stereocenters. The lowest BCUT2D eigenvalue weighted by atomic mass is 10.1. The van der Waals surface area contributed by atoms with Crippen LogP contribution >= 0.6 is 24.0 Å². The Labute approximate surface area is 173 Å². The summed E-state index contributed by atoms with van der Waals surface area (Å²) in [6, 6.07) is 8.46. The summed E-state index contributed by atoms with van der Waals surface area (Å²) in [5.74, 6) is 1.72. The largest absolute Gasteiger partial charge is 0.381 e. The highest BCUT2D eigenvalue weighted by atomic mass is 127. The Bertz CT molecular complexity index is 681. The average molecular weight is 470 g/mol. The highest BCUT2D eigenvalue weighted by Crippen LogP contribution is 2.28. The van der Waals surface area contributed by atoms with Gasteiger partial charge in [0.1, 0.15) is 0 Å². The molecule has 1 heterocycles. The second kappa shape index (κ2) is 11.4. The van der Waals surface area contributed by atoms with E-state index in [1.54, 1.807) is 0 Å². The van der Waals surface area contributed by atoms with Gasteiger partial charge in [0, 0.05) is 50.5 Å². The van der Waals surface area contributed by atoms with Gasteiger partial charge in [-0.2, -0.15) is 0 Å².